The van der Waals surface area contributed by atoms with Gasteiger partial charge in [0.15, 0.2) is 0 Å². The Morgan fingerprint density at radius 2 is 1.52 bits per heavy atom. The van der Waals surface area contributed by atoms with Crippen LogP contribution in [0.5, 0.6) is 0 Å². The molecule has 0 spiro atoms. The average Bonchev–Trinajstić information content (AvgIpc) is 2.93. The second-order valence-corrected chi connectivity index (χ2v) is 6.71. The molecule has 1 aliphatic carbocycles. The number of hydrogen-bond acceptors (Lipinski definition) is 1. The molecule has 0 bridgehead atoms. The number of amides is 1. The minimum atomic E-state index is 0.143. The number of carbonyl (C=O) groups excluding carboxylic acids is 1. The Kier molecular flexibility index (Phi) is 4.56. The molecule has 3 rings (SSSR count). The maximum atomic E-state index is 12.7. The number of benzene rings is 1. The van der Waals surface area contributed by atoms with Gasteiger partial charge in [-0.15, -0.1) is 0 Å². The lowest BCUT2D eigenvalue weighted by molar-refractivity contribution is 0.0696. The van der Waals surface area contributed by atoms with Gasteiger partial charge in [-0.1, -0.05) is 19.3 Å². The first-order valence-electron chi connectivity index (χ1n) is 8.60. The molecule has 0 aliphatic heterocycles. The highest BCUT2D eigenvalue weighted by Crippen LogP contribution is 2.23. The smallest absolute Gasteiger partial charge is 0.253 e. The number of rotatable bonds is 3. The van der Waals surface area contributed by atoms with Gasteiger partial charge >= 0.3 is 0 Å². The van der Waals surface area contributed by atoms with Crippen LogP contribution in [0.25, 0.3) is 5.69 Å². The van der Waals surface area contributed by atoms with E-state index >= 15 is 0 Å². The van der Waals surface area contributed by atoms with Crippen LogP contribution in [-0.4, -0.2) is 28.5 Å². The summed E-state index contributed by atoms with van der Waals surface area (Å²) in [5.74, 6) is 0.143. The Balaban J connectivity index is 1.77. The summed E-state index contributed by atoms with van der Waals surface area (Å²) in [7, 11) is 1.95. The molecule has 0 saturated heterocycles. The largest absolute Gasteiger partial charge is 0.339 e. The molecule has 3 heteroatoms. The van der Waals surface area contributed by atoms with Crippen LogP contribution in [0.2, 0.25) is 0 Å². The fourth-order valence-electron chi connectivity index (χ4n) is 3.67. The standard InChI is InChI=1S/C20H26N2O/c1-15-9-10-16(2)22(15)19-13-11-17(12-14-19)20(23)21(3)18-7-5-4-6-8-18/h9-14,18H,4-8H2,1-3H3. The maximum Gasteiger partial charge on any atom is 0.253 e. The molecule has 1 saturated carbocycles. The highest BCUT2D eigenvalue weighted by Gasteiger charge is 2.22. The van der Waals surface area contributed by atoms with Crippen molar-refractivity contribution in [3.63, 3.8) is 0 Å². The van der Waals surface area contributed by atoms with Crippen LogP contribution in [0.3, 0.4) is 0 Å². The molecule has 23 heavy (non-hydrogen) atoms. The van der Waals surface area contributed by atoms with Gasteiger partial charge in [-0.2, -0.15) is 0 Å². The van der Waals surface area contributed by atoms with Crippen molar-refractivity contribution in [2.75, 3.05) is 7.05 Å². The molecule has 1 heterocycles. The average molecular weight is 310 g/mol. The van der Waals surface area contributed by atoms with E-state index in [1.54, 1.807) is 0 Å². The predicted octanol–water partition coefficient (Wildman–Crippen LogP) is 4.50. The van der Waals surface area contributed by atoms with Gasteiger partial charge in [-0.3, -0.25) is 4.79 Å². The Morgan fingerprint density at radius 3 is 2.09 bits per heavy atom. The van der Waals surface area contributed by atoms with E-state index in [4.69, 9.17) is 0 Å². The van der Waals surface area contributed by atoms with Gasteiger partial charge < -0.3 is 9.47 Å². The van der Waals surface area contributed by atoms with Gasteiger partial charge in [0.05, 0.1) is 0 Å². The number of aromatic nitrogens is 1. The SMILES string of the molecule is Cc1ccc(C)n1-c1ccc(C(=O)N(C)C2CCCCC2)cc1. The molecule has 0 atom stereocenters. The van der Waals surface area contributed by atoms with Crippen molar-refractivity contribution in [1.29, 1.82) is 0 Å². The lowest BCUT2D eigenvalue weighted by atomic mass is 9.94. The number of nitrogens with zero attached hydrogens (tertiary/aromatic N) is 2. The molecular weight excluding hydrogens is 284 g/mol. The normalized spacial score (nSPS) is 15.6. The predicted molar refractivity (Wildman–Crippen MR) is 94.2 cm³/mol. The monoisotopic (exact) mass is 310 g/mol. The first-order chi connectivity index (χ1) is 11.1. The van der Waals surface area contributed by atoms with E-state index in [0.717, 1.165) is 24.1 Å². The van der Waals surface area contributed by atoms with Crippen LogP contribution in [0, 0.1) is 13.8 Å². The van der Waals surface area contributed by atoms with E-state index in [1.807, 2.05) is 36.2 Å². The summed E-state index contributed by atoms with van der Waals surface area (Å²) < 4.78 is 2.21. The summed E-state index contributed by atoms with van der Waals surface area (Å²) in [6.07, 6.45) is 6.08. The summed E-state index contributed by atoms with van der Waals surface area (Å²) in [4.78, 5) is 14.6. The van der Waals surface area contributed by atoms with Gasteiger partial charge in [0.1, 0.15) is 0 Å². The van der Waals surface area contributed by atoms with E-state index in [9.17, 15) is 4.79 Å². The van der Waals surface area contributed by atoms with Crippen LogP contribution in [0.1, 0.15) is 53.8 Å². The Hall–Kier alpha value is -2.03. The van der Waals surface area contributed by atoms with Crippen molar-refractivity contribution in [2.45, 2.75) is 52.0 Å². The molecule has 0 unspecified atom stereocenters. The van der Waals surface area contributed by atoms with Crippen LogP contribution in [-0.2, 0) is 0 Å². The Bertz CT molecular complexity index is 659. The van der Waals surface area contributed by atoms with E-state index in [1.165, 1.54) is 30.7 Å². The molecule has 1 fully saturated rings. The van der Waals surface area contributed by atoms with Gasteiger partial charge in [-0.25, -0.2) is 0 Å². The van der Waals surface area contributed by atoms with Crippen LogP contribution in [0.4, 0.5) is 0 Å². The summed E-state index contributed by atoms with van der Waals surface area (Å²) in [5, 5.41) is 0. The molecular formula is C20H26N2O. The quantitative estimate of drug-likeness (QED) is 0.819. The zero-order valence-electron chi connectivity index (χ0n) is 14.4. The zero-order chi connectivity index (χ0) is 16.4. The van der Waals surface area contributed by atoms with Crippen molar-refractivity contribution in [1.82, 2.24) is 9.47 Å². The fourth-order valence-corrected chi connectivity index (χ4v) is 3.67. The number of hydrogen-bond donors (Lipinski definition) is 0. The van der Waals surface area contributed by atoms with Crippen LogP contribution >= 0.6 is 0 Å². The highest BCUT2D eigenvalue weighted by molar-refractivity contribution is 5.94. The van der Waals surface area contributed by atoms with Gasteiger partial charge in [0.25, 0.3) is 5.91 Å². The number of aryl methyl sites for hydroxylation is 2. The molecule has 1 amide bonds. The third-order valence-corrected chi connectivity index (χ3v) is 5.09. The molecule has 1 aromatic heterocycles. The lowest BCUT2D eigenvalue weighted by Crippen LogP contribution is -2.38. The van der Waals surface area contributed by atoms with Crippen molar-refractivity contribution >= 4 is 5.91 Å². The third kappa shape index (κ3) is 3.19. The first kappa shape index (κ1) is 15.9. The molecule has 122 valence electrons. The highest BCUT2D eigenvalue weighted by atomic mass is 16.2. The molecule has 1 aliphatic rings. The van der Waals surface area contributed by atoms with Crippen LogP contribution in [0.15, 0.2) is 36.4 Å². The van der Waals surface area contributed by atoms with E-state index in [2.05, 4.69) is 30.5 Å². The second kappa shape index (κ2) is 6.61. The lowest BCUT2D eigenvalue weighted by Gasteiger charge is -2.31. The first-order valence-corrected chi connectivity index (χ1v) is 8.60. The molecule has 3 nitrogen and oxygen atoms in total. The topological polar surface area (TPSA) is 25.2 Å². The fraction of sp³-hybridized carbons (Fsp3) is 0.450. The zero-order valence-corrected chi connectivity index (χ0v) is 14.4. The summed E-state index contributed by atoms with van der Waals surface area (Å²) in [5.41, 5.74) is 4.31. The van der Waals surface area contributed by atoms with Gasteiger partial charge in [0.2, 0.25) is 0 Å². The minimum absolute atomic E-state index is 0.143. The molecule has 1 aromatic carbocycles. The Morgan fingerprint density at radius 1 is 0.957 bits per heavy atom. The van der Waals surface area contributed by atoms with Crippen molar-refractivity contribution in [2.24, 2.45) is 0 Å². The number of carbonyl (C=O) groups is 1. The van der Waals surface area contributed by atoms with E-state index in [0.29, 0.717) is 6.04 Å². The second-order valence-electron chi connectivity index (χ2n) is 6.71. The maximum absolute atomic E-state index is 12.7. The van der Waals surface area contributed by atoms with Crippen molar-refractivity contribution in [3.05, 3.63) is 53.3 Å². The Labute approximate surface area is 138 Å². The van der Waals surface area contributed by atoms with Crippen molar-refractivity contribution in [3.8, 4) is 5.69 Å². The summed E-state index contributed by atoms with van der Waals surface area (Å²) in [6.45, 7) is 4.20. The summed E-state index contributed by atoms with van der Waals surface area (Å²) in [6, 6.07) is 12.6. The minimum Gasteiger partial charge on any atom is -0.339 e. The molecule has 0 radical (unpaired) electrons. The molecule has 2 aromatic rings. The van der Waals surface area contributed by atoms with Gasteiger partial charge in [0, 0.05) is 35.7 Å². The van der Waals surface area contributed by atoms with Crippen molar-refractivity contribution < 1.29 is 4.79 Å². The molecule has 0 N–H and O–H groups in total. The van der Waals surface area contributed by atoms with E-state index in [-0.39, 0.29) is 5.91 Å². The van der Waals surface area contributed by atoms with Crippen LogP contribution < -0.4 is 0 Å². The summed E-state index contributed by atoms with van der Waals surface area (Å²) >= 11 is 0. The van der Waals surface area contributed by atoms with E-state index < -0.39 is 0 Å². The van der Waals surface area contributed by atoms with Gasteiger partial charge in [-0.05, 0) is 63.1 Å². The third-order valence-electron chi connectivity index (χ3n) is 5.09.